The Bertz CT molecular complexity index is 157. The topological polar surface area (TPSA) is 127 Å². The average molecular weight is 276 g/mol. The van der Waals surface area contributed by atoms with E-state index in [1.54, 1.807) is 0 Å². The van der Waals surface area contributed by atoms with Crippen LogP contribution in [0.2, 0.25) is 0 Å². The maximum Gasteiger partial charge on any atom is 2.00 e. The van der Waals surface area contributed by atoms with Crippen LogP contribution >= 0.6 is 15.6 Å². The molecule has 0 saturated carbocycles. The SMILES string of the molecule is O=P([O-])(O)OP(=O)(O)O.[Cl-].[Cu+2]. The van der Waals surface area contributed by atoms with Gasteiger partial charge in [0.05, 0.1) is 0 Å². The number of phosphoric acid groups is 2. The van der Waals surface area contributed by atoms with Crippen molar-refractivity contribution in [2.24, 2.45) is 0 Å². The van der Waals surface area contributed by atoms with Crippen LogP contribution in [0.1, 0.15) is 0 Å². The van der Waals surface area contributed by atoms with E-state index in [-0.39, 0.29) is 29.5 Å². The standard InChI is InChI=1S/ClH.Cu.H4O7P2/c;;1-8(2,3)7-9(4,5)6/h1H;;(H2,1,2,3)(H2,4,5,6)/q;+2;/p-2. The van der Waals surface area contributed by atoms with Gasteiger partial charge in [-0.25, -0.2) is 8.88 Å². The maximum atomic E-state index is 9.59. The zero-order valence-electron chi connectivity index (χ0n) is 4.55. The van der Waals surface area contributed by atoms with Gasteiger partial charge in [-0.2, -0.15) is 0 Å². The third kappa shape index (κ3) is 18.2. The minimum atomic E-state index is -5.30. The van der Waals surface area contributed by atoms with E-state index < -0.39 is 15.6 Å². The largest absolute Gasteiger partial charge is 2.00 e. The molecule has 0 rings (SSSR count). The molecule has 0 bridgehead atoms. The van der Waals surface area contributed by atoms with Gasteiger partial charge < -0.3 is 32.0 Å². The second-order valence-electron chi connectivity index (χ2n) is 1.04. The van der Waals surface area contributed by atoms with Crippen molar-refractivity contribution in [2.75, 3.05) is 0 Å². The molecule has 0 aliphatic heterocycles. The van der Waals surface area contributed by atoms with Gasteiger partial charge in [-0.1, -0.05) is 0 Å². The molecule has 0 aromatic heterocycles. The zero-order valence-corrected chi connectivity index (χ0v) is 8.03. The second-order valence-corrected chi connectivity index (χ2v) is 3.61. The summed E-state index contributed by atoms with van der Waals surface area (Å²) in [7, 11) is -10.4. The van der Waals surface area contributed by atoms with Crippen molar-refractivity contribution < 1.29 is 62.5 Å². The van der Waals surface area contributed by atoms with Crippen LogP contribution in [0.25, 0.3) is 0 Å². The van der Waals surface area contributed by atoms with Crippen LogP contribution < -0.4 is 17.3 Å². The quantitative estimate of drug-likeness (QED) is 0.343. The summed E-state index contributed by atoms with van der Waals surface area (Å²) in [4.78, 5) is 32.6. The van der Waals surface area contributed by atoms with Crippen molar-refractivity contribution >= 4 is 15.6 Å². The van der Waals surface area contributed by atoms with E-state index in [0.717, 1.165) is 0 Å². The van der Waals surface area contributed by atoms with Gasteiger partial charge in [0.15, 0.2) is 0 Å². The van der Waals surface area contributed by atoms with E-state index in [0.29, 0.717) is 0 Å². The van der Waals surface area contributed by atoms with Crippen LogP contribution in [0.3, 0.4) is 0 Å². The zero-order chi connectivity index (χ0) is 7.71. The molecule has 1 radical (unpaired) electrons. The van der Waals surface area contributed by atoms with E-state index in [9.17, 15) is 14.0 Å². The minimum Gasteiger partial charge on any atom is -1.00 e. The van der Waals surface area contributed by atoms with Gasteiger partial charge in [0.2, 0.25) is 0 Å². The molecule has 0 saturated heterocycles. The van der Waals surface area contributed by atoms with Crippen LogP contribution in [-0.2, 0) is 30.5 Å². The Kier molecular flexibility index (Phi) is 9.27. The Morgan fingerprint density at radius 1 is 1.18 bits per heavy atom. The maximum absolute atomic E-state index is 9.59. The Labute approximate surface area is 78.5 Å². The number of halogens is 1. The van der Waals surface area contributed by atoms with Gasteiger partial charge in [-0.05, 0) is 0 Å². The molecule has 0 heterocycles. The number of hydrogen-bond acceptors (Lipinski definition) is 4. The molecule has 73 valence electrons. The molecule has 0 amide bonds. The molecular weight excluding hydrogens is 273 g/mol. The first kappa shape index (κ1) is 18.0. The molecule has 7 nitrogen and oxygen atoms in total. The van der Waals surface area contributed by atoms with E-state index >= 15 is 0 Å². The molecule has 0 spiro atoms. The van der Waals surface area contributed by atoms with E-state index in [4.69, 9.17) is 14.7 Å². The van der Waals surface area contributed by atoms with Gasteiger partial charge in [0.25, 0.3) is 7.82 Å². The normalized spacial score (nSPS) is 15.6. The van der Waals surface area contributed by atoms with Crippen LogP contribution in [0.5, 0.6) is 0 Å². The van der Waals surface area contributed by atoms with Gasteiger partial charge in [0, 0.05) is 0 Å². The molecule has 0 fully saturated rings. The smallest absolute Gasteiger partial charge is 1.00 e. The van der Waals surface area contributed by atoms with E-state index in [2.05, 4.69) is 4.31 Å². The van der Waals surface area contributed by atoms with Crippen molar-refractivity contribution in [1.29, 1.82) is 0 Å². The molecule has 1 unspecified atom stereocenters. The Morgan fingerprint density at radius 2 is 1.45 bits per heavy atom. The molecule has 0 aliphatic rings. The first-order valence-electron chi connectivity index (χ1n) is 1.51. The fraction of sp³-hybridized carbons (Fsp3) is 0. The Hall–Kier alpha value is 1.07. The fourth-order valence-electron chi connectivity index (χ4n) is 0.134. The van der Waals surface area contributed by atoms with E-state index in [1.807, 2.05) is 0 Å². The fourth-order valence-corrected chi connectivity index (χ4v) is 1.21. The van der Waals surface area contributed by atoms with Crippen molar-refractivity contribution in [3.63, 3.8) is 0 Å². The van der Waals surface area contributed by atoms with Crippen LogP contribution in [-0.4, -0.2) is 14.7 Å². The van der Waals surface area contributed by atoms with Gasteiger partial charge in [0.1, 0.15) is 0 Å². The summed E-state index contributed by atoms with van der Waals surface area (Å²) in [6, 6.07) is 0. The third-order valence-electron chi connectivity index (χ3n) is 0.210. The van der Waals surface area contributed by atoms with Gasteiger partial charge >= 0.3 is 24.9 Å². The summed E-state index contributed by atoms with van der Waals surface area (Å²) in [5.74, 6) is 0. The summed E-state index contributed by atoms with van der Waals surface area (Å²) in [6.07, 6.45) is 0. The number of rotatable bonds is 2. The summed E-state index contributed by atoms with van der Waals surface area (Å²) in [5, 5.41) is 0. The van der Waals surface area contributed by atoms with Crippen LogP contribution in [0, 0.1) is 0 Å². The van der Waals surface area contributed by atoms with E-state index in [1.165, 1.54) is 0 Å². The molecule has 0 aliphatic carbocycles. The molecule has 3 N–H and O–H groups in total. The monoisotopic (exact) mass is 275 g/mol. The summed E-state index contributed by atoms with van der Waals surface area (Å²) >= 11 is 0. The second kappa shape index (κ2) is 5.67. The molecule has 0 aromatic rings. The van der Waals surface area contributed by atoms with Crippen LogP contribution in [0.15, 0.2) is 0 Å². The molecule has 11 heteroatoms. The van der Waals surface area contributed by atoms with Crippen molar-refractivity contribution in [2.45, 2.75) is 0 Å². The minimum absolute atomic E-state index is 0. The predicted molar refractivity (Wildman–Crippen MR) is 23.0 cm³/mol. The van der Waals surface area contributed by atoms with Gasteiger partial charge in [-0.3, -0.25) is 4.57 Å². The molecular formula is H3ClCuO7P2. The first-order chi connectivity index (χ1) is 3.71. The third-order valence-corrected chi connectivity index (χ3v) is 1.89. The van der Waals surface area contributed by atoms with Crippen molar-refractivity contribution in [1.82, 2.24) is 0 Å². The molecule has 1 atom stereocenters. The van der Waals surface area contributed by atoms with Crippen molar-refractivity contribution in [3.8, 4) is 0 Å². The van der Waals surface area contributed by atoms with Crippen LogP contribution in [0.4, 0.5) is 0 Å². The molecule has 0 aromatic carbocycles. The predicted octanol–water partition coefficient (Wildman–Crippen LogP) is -4.44. The first-order valence-corrected chi connectivity index (χ1v) is 4.54. The van der Waals surface area contributed by atoms with Gasteiger partial charge in [-0.15, -0.1) is 0 Å². The number of hydrogen-bond donors (Lipinski definition) is 3. The average Bonchev–Trinajstić information content (AvgIpc) is 1.14. The summed E-state index contributed by atoms with van der Waals surface area (Å²) in [5.41, 5.74) is 0. The van der Waals surface area contributed by atoms with Crippen molar-refractivity contribution in [3.05, 3.63) is 0 Å². The molecule has 11 heavy (non-hydrogen) atoms. The Balaban J connectivity index is -0.000000320. The summed E-state index contributed by atoms with van der Waals surface area (Å²) < 4.78 is 21.9. The Morgan fingerprint density at radius 3 is 1.45 bits per heavy atom. The summed E-state index contributed by atoms with van der Waals surface area (Å²) in [6.45, 7) is 0.